The highest BCUT2D eigenvalue weighted by molar-refractivity contribution is 7.47. The van der Waals surface area contributed by atoms with Crippen molar-refractivity contribution in [1.29, 1.82) is 0 Å². The van der Waals surface area contributed by atoms with E-state index in [0.717, 1.165) is 0 Å². The fourth-order valence-electron chi connectivity index (χ4n) is 6.10. The number of halogens is 1. The minimum absolute atomic E-state index is 0.0293. The quantitative estimate of drug-likeness (QED) is 0.229. The lowest BCUT2D eigenvalue weighted by molar-refractivity contribution is -0.179. The van der Waals surface area contributed by atoms with Gasteiger partial charge in [0.15, 0.2) is 41.0 Å². The largest absolute Gasteiger partial charge is 0.473 e. The summed E-state index contributed by atoms with van der Waals surface area (Å²) in [4.78, 5) is 52.3. The van der Waals surface area contributed by atoms with Crippen molar-refractivity contribution in [2.75, 3.05) is 0 Å². The summed E-state index contributed by atoms with van der Waals surface area (Å²) in [5.74, 6) is 0. The maximum atomic E-state index is 16.0. The summed E-state index contributed by atoms with van der Waals surface area (Å²) in [5, 5.41) is 22.0. The predicted molar refractivity (Wildman–Crippen MR) is 144 cm³/mol. The van der Waals surface area contributed by atoms with Gasteiger partial charge in [0.05, 0.1) is 37.5 Å². The number of nitrogens with zero attached hydrogens (tertiary/aromatic N) is 8. The first-order chi connectivity index (χ1) is 20.9. The van der Waals surface area contributed by atoms with Gasteiger partial charge in [-0.05, 0) is 6.42 Å². The smallest absolute Gasteiger partial charge is 0.388 e. The number of ether oxygens (including phenoxy) is 2. The molecule has 1 saturated carbocycles. The molecule has 1 aliphatic carbocycles. The van der Waals surface area contributed by atoms with Crippen molar-refractivity contribution in [3.8, 4) is 0 Å². The minimum atomic E-state index is -5.06. The number of aliphatic hydroxyl groups is 2. The SMILES string of the molecule is Cn1cnc2c(ncn2[C@@H]2C[C@@H]3OP(=O)(O)O[C@H]4[C@@H](F)[C@H](n5cnc6c(=O)n(C)cnc65)O[C@@H]4CCC(O)O[C@@H]2[C@@H]3O)c1=O. The van der Waals surface area contributed by atoms with Crippen molar-refractivity contribution in [2.45, 2.75) is 74.5 Å². The van der Waals surface area contributed by atoms with Crippen LogP contribution < -0.4 is 11.1 Å². The zero-order chi connectivity index (χ0) is 31.1. The molecule has 20 heteroatoms. The zero-order valence-electron chi connectivity index (χ0n) is 23.2. The summed E-state index contributed by atoms with van der Waals surface area (Å²) in [6.45, 7) is 0. The topological polar surface area (TPSA) is 220 Å². The highest BCUT2D eigenvalue weighted by atomic mass is 31.2. The van der Waals surface area contributed by atoms with Gasteiger partial charge in [-0.3, -0.25) is 23.2 Å². The summed E-state index contributed by atoms with van der Waals surface area (Å²) in [6, 6.07) is -0.834. The van der Waals surface area contributed by atoms with Gasteiger partial charge in [0.1, 0.15) is 24.4 Å². The molecule has 2 saturated heterocycles. The first-order valence-electron chi connectivity index (χ1n) is 13.7. The lowest BCUT2D eigenvalue weighted by Crippen LogP contribution is -2.39. The molecule has 0 aromatic carbocycles. The molecule has 3 fully saturated rings. The highest BCUT2D eigenvalue weighted by Crippen LogP contribution is 2.53. The Morgan fingerprint density at radius 3 is 2.11 bits per heavy atom. The molecule has 0 radical (unpaired) electrons. The minimum Gasteiger partial charge on any atom is -0.388 e. The van der Waals surface area contributed by atoms with E-state index in [4.69, 9.17) is 18.5 Å². The van der Waals surface area contributed by atoms with Crippen LogP contribution >= 0.6 is 7.82 Å². The van der Waals surface area contributed by atoms with Crippen molar-refractivity contribution in [1.82, 2.24) is 38.2 Å². The van der Waals surface area contributed by atoms with E-state index >= 15 is 4.39 Å². The molecule has 3 aliphatic rings. The molecule has 2 bridgehead atoms. The van der Waals surface area contributed by atoms with E-state index < -0.39 is 74.2 Å². The number of aromatic nitrogens is 8. The predicted octanol–water partition coefficient (Wildman–Crippen LogP) is -0.817. The van der Waals surface area contributed by atoms with Crippen LogP contribution in [-0.4, -0.2) is 96.3 Å². The first-order valence-corrected chi connectivity index (χ1v) is 15.2. The first kappa shape index (κ1) is 29.3. The second kappa shape index (κ2) is 10.6. The van der Waals surface area contributed by atoms with E-state index in [2.05, 4.69) is 19.9 Å². The van der Waals surface area contributed by atoms with Crippen LogP contribution in [0.1, 0.15) is 31.5 Å². The molecule has 3 N–H and O–H groups in total. The standard InChI is InChI=1S/C24H28FN8O10P/c1-30-6-28-20-15(22(30)36)26-8-32(20)10-5-12-17(35)18(10)41-13(34)4-3-11-19(43-44(38,39)42-12)14(25)24(40-11)33-9-27-16-21(33)29-7-31(2)23(16)37/h6-14,17-19,24,34-35H,3-5H2,1-2H3,(H,38,39)/t10-,11-,12+,13?,14-,17-,18+,19-,24-/m1/s1. The van der Waals surface area contributed by atoms with Gasteiger partial charge in [0, 0.05) is 26.9 Å². The molecule has 7 rings (SSSR count). The molecular weight excluding hydrogens is 610 g/mol. The lowest BCUT2D eigenvalue weighted by atomic mass is 10.1. The van der Waals surface area contributed by atoms with Gasteiger partial charge in [-0.15, -0.1) is 0 Å². The third kappa shape index (κ3) is 4.71. The van der Waals surface area contributed by atoms with Crippen LogP contribution in [0, 0.1) is 0 Å². The third-order valence-corrected chi connectivity index (χ3v) is 9.34. The van der Waals surface area contributed by atoms with Crippen LogP contribution in [0.15, 0.2) is 34.9 Å². The number of alkyl halides is 1. The Kier molecular flexibility index (Phi) is 7.05. The number of fused-ring (bicyclic) bond motifs is 5. The summed E-state index contributed by atoms with van der Waals surface area (Å²) < 4.78 is 56.8. The second-order valence-electron chi connectivity index (χ2n) is 11.1. The van der Waals surface area contributed by atoms with Crippen LogP contribution in [0.25, 0.3) is 22.3 Å². The van der Waals surface area contributed by atoms with Gasteiger partial charge < -0.3 is 38.3 Å². The van der Waals surface area contributed by atoms with Crippen LogP contribution in [0.3, 0.4) is 0 Å². The Balaban J connectivity index is 1.19. The average molecular weight is 639 g/mol. The number of imidazole rings is 2. The molecule has 0 amide bonds. The van der Waals surface area contributed by atoms with Crippen LogP contribution in [0.5, 0.6) is 0 Å². The lowest BCUT2D eigenvalue weighted by Gasteiger charge is -2.29. The maximum absolute atomic E-state index is 16.0. The number of hydrogen-bond acceptors (Lipinski definition) is 13. The molecule has 0 spiro atoms. The van der Waals surface area contributed by atoms with E-state index in [9.17, 15) is 29.3 Å². The number of rotatable bonds is 2. The van der Waals surface area contributed by atoms with Gasteiger partial charge in [-0.25, -0.2) is 28.9 Å². The van der Waals surface area contributed by atoms with Gasteiger partial charge in [0.2, 0.25) is 0 Å². The highest BCUT2D eigenvalue weighted by Gasteiger charge is 2.54. The van der Waals surface area contributed by atoms with E-state index in [1.807, 2.05) is 0 Å². The van der Waals surface area contributed by atoms with Gasteiger partial charge in [0.25, 0.3) is 11.1 Å². The van der Waals surface area contributed by atoms with Crippen LogP contribution in [0.4, 0.5) is 4.39 Å². The van der Waals surface area contributed by atoms with E-state index in [0.29, 0.717) is 0 Å². The van der Waals surface area contributed by atoms with E-state index in [-0.39, 0.29) is 41.6 Å². The van der Waals surface area contributed by atoms with Crippen molar-refractivity contribution in [3.63, 3.8) is 0 Å². The normalized spacial score (nSPS) is 36.4. The summed E-state index contributed by atoms with van der Waals surface area (Å²) >= 11 is 0. The average Bonchev–Trinajstić information content (AvgIpc) is 3.73. The van der Waals surface area contributed by atoms with Crippen molar-refractivity contribution in [3.05, 3.63) is 46.0 Å². The number of aliphatic hydroxyl groups excluding tert-OH is 2. The van der Waals surface area contributed by atoms with Crippen molar-refractivity contribution in [2.24, 2.45) is 14.1 Å². The molecule has 44 heavy (non-hydrogen) atoms. The molecule has 2 aliphatic heterocycles. The Labute approximate surface area is 245 Å². The Hall–Kier alpha value is -3.42. The van der Waals surface area contributed by atoms with Crippen LogP contribution in [-0.2, 0) is 37.2 Å². The Morgan fingerprint density at radius 1 is 0.841 bits per heavy atom. The summed E-state index contributed by atoms with van der Waals surface area (Å²) in [7, 11) is -2.06. The number of phosphoric ester groups is 1. The molecule has 2 unspecified atom stereocenters. The number of hydrogen-bond donors (Lipinski definition) is 3. The molecule has 4 aromatic heterocycles. The van der Waals surface area contributed by atoms with Gasteiger partial charge in [-0.1, -0.05) is 0 Å². The van der Waals surface area contributed by atoms with Crippen molar-refractivity contribution >= 4 is 30.2 Å². The monoisotopic (exact) mass is 638 g/mol. The van der Waals surface area contributed by atoms with Gasteiger partial charge >= 0.3 is 7.82 Å². The number of phosphoric acid groups is 1. The number of aryl methyl sites for hydroxylation is 2. The zero-order valence-corrected chi connectivity index (χ0v) is 24.1. The molecule has 236 valence electrons. The Morgan fingerprint density at radius 2 is 1.45 bits per heavy atom. The fraction of sp³-hybridized carbons (Fsp3) is 0.583. The molecule has 6 heterocycles. The molecule has 18 nitrogen and oxygen atoms in total. The maximum Gasteiger partial charge on any atom is 0.473 e. The molecule has 4 aromatic rings. The molecule has 10 atom stereocenters. The van der Waals surface area contributed by atoms with Gasteiger partial charge in [-0.2, -0.15) is 0 Å². The van der Waals surface area contributed by atoms with E-state index in [1.165, 1.54) is 57.7 Å². The van der Waals surface area contributed by atoms with Crippen LogP contribution in [0.2, 0.25) is 0 Å². The Bertz CT molecular complexity index is 1910. The van der Waals surface area contributed by atoms with Crippen molar-refractivity contribution < 1.29 is 42.6 Å². The van der Waals surface area contributed by atoms with E-state index in [1.54, 1.807) is 0 Å². The second-order valence-corrected chi connectivity index (χ2v) is 12.4. The third-order valence-electron chi connectivity index (χ3n) is 8.29. The fourth-order valence-corrected chi connectivity index (χ4v) is 7.26. The molecular formula is C24H28FN8O10P. The summed E-state index contributed by atoms with van der Waals surface area (Å²) in [6.07, 6.45) is -7.28. The summed E-state index contributed by atoms with van der Waals surface area (Å²) in [5.41, 5.74) is -0.641.